The third kappa shape index (κ3) is 3.81. The molecule has 1 aliphatic carbocycles. The van der Waals surface area contributed by atoms with E-state index in [0.717, 1.165) is 22.6 Å². The Hall–Kier alpha value is -0.380. The first-order valence-electron chi connectivity index (χ1n) is 6.87. The van der Waals surface area contributed by atoms with Crippen LogP contribution in [0.2, 0.25) is 0 Å². The van der Waals surface area contributed by atoms with E-state index in [4.69, 9.17) is 10.5 Å². The number of nitrogens with two attached hydrogens (primary N) is 1. The highest BCUT2D eigenvalue weighted by Crippen LogP contribution is 2.28. The summed E-state index contributed by atoms with van der Waals surface area (Å²) in [5.74, 6) is 0.732. The molecule has 1 aliphatic rings. The molecule has 0 amide bonds. The van der Waals surface area contributed by atoms with Crippen molar-refractivity contribution in [1.82, 2.24) is 0 Å². The molecular formula is C15H22BrNO. The molecule has 1 atom stereocenters. The van der Waals surface area contributed by atoms with Crippen LogP contribution in [0.5, 0.6) is 0 Å². The van der Waals surface area contributed by atoms with Crippen molar-refractivity contribution in [1.29, 1.82) is 0 Å². The fourth-order valence-electron chi connectivity index (χ4n) is 2.63. The van der Waals surface area contributed by atoms with Gasteiger partial charge in [0.1, 0.15) is 0 Å². The Morgan fingerprint density at radius 3 is 2.61 bits per heavy atom. The third-order valence-electron chi connectivity index (χ3n) is 3.72. The lowest BCUT2D eigenvalue weighted by Gasteiger charge is -2.25. The minimum atomic E-state index is 0.0162. The van der Waals surface area contributed by atoms with Crippen molar-refractivity contribution in [2.24, 2.45) is 11.7 Å². The van der Waals surface area contributed by atoms with Crippen molar-refractivity contribution < 1.29 is 4.74 Å². The van der Waals surface area contributed by atoms with E-state index in [1.54, 1.807) is 0 Å². The molecule has 1 aromatic carbocycles. The number of hydrogen-bond acceptors (Lipinski definition) is 2. The SMILES string of the molecule is NCC(OCC1CCCCC1)c1ccccc1Br. The van der Waals surface area contributed by atoms with Crippen LogP contribution in [-0.4, -0.2) is 13.2 Å². The van der Waals surface area contributed by atoms with Crippen LogP contribution in [0.1, 0.15) is 43.8 Å². The highest BCUT2D eigenvalue weighted by Gasteiger charge is 2.18. The van der Waals surface area contributed by atoms with E-state index in [1.165, 1.54) is 32.1 Å². The Morgan fingerprint density at radius 1 is 1.22 bits per heavy atom. The molecule has 0 aromatic heterocycles. The van der Waals surface area contributed by atoms with Gasteiger partial charge in [-0.3, -0.25) is 0 Å². The summed E-state index contributed by atoms with van der Waals surface area (Å²) in [6.45, 7) is 1.39. The molecule has 1 unspecified atom stereocenters. The maximum Gasteiger partial charge on any atom is 0.0958 e. The van der Waals surface area contributed by atoms with Crippen molar-refractivity contribution >= 4 is 15.9 Å². The van der Waals surface area contributed by atoms with Crippen LogP contribution in [0.25, 0.3) is 0 Å². The van der Waals surface area contributed by atoms with Gasteiger partial charge in [-0.1, -0.05) is 53.4 Å². The van der Waals surface area contributed by atoms with Crippen molar-refractivity contribution in [2.75, 3.05) is 13.2 Å². The summed E-state index contributed by atoms with van der Waals surface area (Å²) in [6.07, 6.45) is 6.75. The molecule has 0 aliphatic heterocycles. The Labute approximate surface area is 118 Å². The lowest BCUT2D eigenvalue weighted by molar-refractivity contribution is 0.0243. The van der Waals surface area contributed by atoms with Gasteiger partial charge in [0.05, 0.1) is 12.7 Å². The predicted octanol–water partition coefficient (Wildman–Crippen LogP) is 4.05. The van der Waals surface area contributed by atoms with E-state index in [2.05, 4.69) is 22.0 Å². The van der Waals surface area contributed by atoms with Crippen LogP contribution < -0.4 is 5.73 Å². The van der Waals surface area contributed by atoms with Crippen LogP contribution >= 0.6 is 15.9 Å². The first kappa shape index (κ1) is 14.0. The quantitative estimate of drug-likeness (QED) is 0.890. The first-order valence-corrected chi connectivity index (χ1v) is 7.66. The Bertz CT molecular complexity index is 363. The topological polar surface area (TPSA) is 35.2 Å². The Morgan fingerprint density at radius 2 is 1.94 bits per heavy atom. The highest BCUT2D eigenvalue weighted by molar-refractivity contribution is 9.10. The summed E-state index contributed by atoms with van der Waals surface area (Å²) in [6, 6.07) is 8.18. The molecule has 2 rings (SSSR count). The number of halogens is 1. The third-order valence-corrected chi connectivity index (χ3v) is 4.45. The van der Waals surface area contributed by atoms with Gasteiger partial charge in [0.25, 0.3) is 0 Å². The molecule has 0 radical (unpaired) electrons. The van der Waals surface area contributed by atoms with Gasteiger partial charge in [-0.2, -0.15) is 0 Å². The van der Waals surface area contributed by atoms with E-state index in [1.807, 2.05) is 18.2 Å². The summed E-state index contributed by atoms with van der Waals surface area (Å²) < 4.78 is 7.13. The maximum absolute atomic E-state index is 6.04. The summed E-state index contributed by atoms with van der Waals surface area (Å²) in [7, 11) is 0. The molecule has 2 N–H and O–H groups in total. The lowest BCUT2D eigenvalue weighted by atomic mass is 9.90. The molecule has 0 spiro atoms. The van der Waals surface area contributed by atoms with Gasteiger partial charge >= 0.3 is 0 Å². The number of benzene rings is 1. The smallest absolute Gasteiger partial charge is 0.0958 e. The van der Waals surface area contributed by atoms with Gasteiger partial charge in [0.2, 0.25) is 0 Å². The maximum atomic E-state index is 6.04. The van der Waals surface area contributed by atoms with E-state index in [-0.39, 0.29) is 6.10 Å². The standard InChI is InChI=1S/C15H22BrNO/c16-14-9-5-4-8-13(14)15(10-17)18-11-12-6-2-1-3-7-12/h4-5,8-9,12,15H,1-3,6-7,10-11,17H2. The van der Waals surface area contributed by atoms with Crippen LogP contribution in [-0.2, 0) is 4.74 Å². The molecule has 0 saturated heterocycles. The molecule has 3 heteroatoms. The molecule has 0 heterocycles. The van der Waals surface area contributed by atoms with E-state index in [9.17, 15) is 0 Å². The van der Waals surface area contributed by atoms with Gasteiger partial charge < -0.3 is 10.5 Å². The van der Waals surface area contributed by atoms with Gasteiger partial charge in [-0.05, 0) is 30.4 Å². The van der Waals surface area contributed by atoms with E-state index < -0.39 is 0 Å². The second kappa shape index (κ2) is 7.27. The minimum absolute atomic E-state index is 0.0162. The largest absolute Gasteiger partial charge is 0.372 e. The highest BCUT2D eigenvalue weighted by atomic mass is 79.9. The van der Waals surface area contributed by atoms with Crippen LogP contribution in [0.3, 0.4) is 0 Å². The molecule has 1 fully saturated rings. The van der Waals surface area contributed by atoms with Crippen LogP contribution in [0.4, 0.5) is 0 Å². The summed E-state index contributed by atoms with van der Waals surface area (Å²) in [4.78, 5) is 0. The summed E-state index contributed by atoms with van der Waals surface area (Å²) >= 11 is 3.57. The number of hydrogen-bond donors (Lipinski definition) is 1. The average Bonchev–Trinajstić information content (AvgIpc) is 2.42. The predicted molar refractivity (Wildman–Crippen MR) is 78.5 cm³/mol. The van der Waals surface area contributed by atoms with E-state index >= 15 is 0 Å². The van der Waals surface area contributed by atoms with Crippen LogP contribution in [0, 0.1) is 5.92 Å². The fraction of sp³-hybridized carbons (Fsp3) is 0.600. The molecule has 2 nitrogen and oxygen atoms in total. The Kier molecular flexibility index (Phi) is 5.67. The molecule has 0 bridgehead atoms. The lowest BCUT2D eigenvalue weighted by Crippen LogP contribution is -2.21. The van der Waals surface area contributed by atoms with Crippen molar-refractivity contribution in [2.45, 2.75) is 38.2 Å². The van der Waals surface area contributed by atoms with Gasteiger partial charge in [-0.15, -0.1) is 0 Å². The molecule has 1 saturated carbocycles. The Balaban J connectivity index is 1.91. The monoisotopic (exact) mass is 311 g/mol. The zero-order valence-corrected chi connectivity index (χ0v) is 12.4. The molecule has 1 aromatic rings. The normalized spacial score (nSPS) is 18.8. The summed E-state index contributed by atoms with van der Waals surface area (Å²) in [5.41, 5.74) is 7.01. The molecule has 100 valence electrons. The fourth-order valence-corrected chi connectivity index (χ4v) is 3.17. The van der Waals surface area contributed by atoms with Gasteiger partial charge in [0, 0.05) is 11.0 Å². The summed E-state index contributed by atoms with van der Waals surface area (Å²) in [5, 5.41) is 0. The van der Waals surface area contributed by atoms with Gasteiger partial charge in [0.15, 0.2) is 0 Å². The van der Waals surface area contributed by atoms with Crippen molar-refractivity contribution in [3.05, 3.63) is 34.3 Å². The first-order chi connectivity index (χ1) is 8.81. The number of rotatable bonds is 5. The second-order valence-corrected chi connectivity index (χ2v) is 5.94. The van der Waals surface area contributed by atoms with E-state index in [0.29, 0.717) is 6.54 Å². The minimum Gasteiger partial charge on any atom is -0.372 e. The van der Waals surface area contributed by atoms with Crippen molar-refractivity contribution in [3.8, 4) is 0 Å². The van der Waals surface area contributed by atoms with Crippen molar-refractivity contribution in [3.63, 3.8) is 0 Å². The average molecular weight is 312 g/mol. The van der Waals surface area contributed by atoms with Crippen LogP contribution in [0.15, 0.2) is 28.7 Å². The zero-order valence-electron chi connectivity index (χ0n) is 10.8. The molecule has 18 heavy (non-hydrogen) atoms. The molecular weight excluding hydrogens is 290 g/mol. The number of ether oxygens (including phenoxy) is 1. The zero-order chi connectivity index (χ0) is 12.8. The van der Waals surface area contributed by atoms with Gasteiger partial charge in [-0.25, -0.2) is 0 Å². The second-order valence-electron chi connectivity index (χ2n) is 5.08.